The summed E-state index contributed by atoms with van der Waals surface area (Å²) < 4.78 is 5.23. The molecule has 4 aromatic rings. The van der Waals surface area contributed by atoms with Gasteiger partial charge in [0, 0.05) is 10.4 Å². The van der Waals surface area contributed by atoms with E-state index < -0.39 is 11.2 Å². The molecule has 1 aromatic carbocycles. The van der Waals surface area contributed by atoms with Crippen LogP contribution in [0.2, 0.25) is 0 Å². The fourth-order valence-corrected chi connectivity index (χ4v) is 4.02. The van der Waals surface area contributed by atoms with E-state index >= 15 is 0 Å². The number of aromatic amines is 3. The van der Waals surface area contributed by atoms with Crippen LogP contribution in [0, 0.1) is 0 Å². The standard InChI is InChI=1S/C19H17N3O3S/c1-3-12-8-9-13(26-12)16-14(10-4-6-11(25-2)7-5-10)15-17(20-16)21-19(24)22-18(15)23/h4-9H,3H2,1-2H3,(H3,20,21,22,23,24). The Morgan fingerprint density at radius 2 is 1.77 bits per heavy atom. The van der Waals surface area contributed by atoms with E-state index in [4.69, 9.17) is 4.74 Å². The van der Waals surface area contributed by atoms with Crippen LogP contribution in [0.4, 0.5) is 0 Å². The van der Waals surface area contributed by atoms with Crippen molar-refractivity contribution in [3.63, 3.8) is 0 Å². The summed E-state index contributed by atoms with van der Waals surface area (Å²) in [6.45, 7) is 2.10. The lowest BCUT2D eigenvalue weighted by molar-refractivity contribution is 0.415. The van der Waals surface area contributed by atoms with Crippen LogP contribution in [-0.2, 0) is 6.42 Å². The lowest BCUT2D eigenvalue weighted by atomic mass is 10.0. The maximum atomic E-state index is 12.5. The Hall–Kier alpha value is -3.06. The molecule has 4 rings (SSSR count). The van der Waals surface area contributed by atoms with Crippen LogP contribution in [0.15, 0.2) is 46.0 Å². The third-order valence-electron chi connectivity index (χ3n) is 4.33. The molecule has 0 amide bonds. The Morgan fingerprint density at radius 1 is 1.00 bits per heavy atom. The number of hydrogen-bond donors (Lipinski definition) is 3. The largest absolute Gasteiger partial charge is 0.497 e. The zero-order valence-electron chi connectivity index (χ0n) is 14.3. The molecule has 6 nitrogen and oxygen atoms in total. The third kappa shape index (κ3) is 2.66. The molecular weight excluding hydrogens is 350 g/mol. The molecule has 0 saturated heterocycles. The van der Waals surface area contributed by atoms with Crippen molar-refractivity contribution in [2.45, 2.75) is 13.3 Å². The van der Waals surface area contributed by atoms with E-state index in [1.807, 2.05) is 30.3 Å². The molecule has 7 heteroatoms. The van der Waals surface area contributed by atoms with Gasteiger partial charge in [0.2, 0.25) is 0 Å². The second-order valence-corrected chi connectivity index (χ2v) is 7.05. The van der Waals surface area contributed by atoms with E-state index in [9.17, 15) is 9.59 Å². The molecule has 26 heavy (non-hydrogen) atoms. The molecule has 0 bridgehead atoms. The second kappa shape index (κ2) is 6.34. The predicted octanol–water partition coefficient (Wildman–Crippen LogP) is 3.51. The highest BCUT2D eigenvalue weighted by Crippen LogP contribution is 2.39. The maximum absolute atomic E-state index is 12.5. The van der Waals surface area contributed by atoms with Crippen LogP contribution >= 0.6 is 11.3 Å². The number of benzene rings is 1. The first kappa shape index (κ1) is 16.4. The van der Waals surface area contributed by atoms with E-state index in [0.717, 1.165) is 33.9 Å². The molecule has 0 spiro atoms. The van der Waals surface area contributed by atoms with Gasteiger partial charge in [0.05, 0.1) is 23.1 Å². The molecule has 0 saturated carbocycles. The minimum Gasteiger partial charge on any atom is -0.497 e. The van der Waals surface area contributed by atoms with Gasteiger partial charge in [0.1, 0.15) is 11.4 Å². The summed E-state index contributed by atoms with van der Waals surface area (Å²) in [4.78, 5) is 34.7. The molecular formula is C19H17N3O3S. The van der Waals surface area contributed by atoms with Crippen molar-refractivity contribution < 1.29 is 4.74 Å². The fraction of sp³-hybridized carbons (Fsp3) is 0.158. The van der Waals surface area contributed by atoms with Gasteiger partial charge < -0.3 is 9.72 Å². The second-order valence-electron chi connectivity index (χ2n) is 5.88. The highest BCUT2D eigenvalue weighted by molar-refractivity contribution is 7.15. The number of H-pyrrole nitrogens is 3. The highest BCUT2D eigenvalue weighted by Gasteiger charge is 2.19. The van der Waals surface area contributed by atoms with Crippen LogP contribution < -0.4 is 16.0 Å². The van der Waals surface area contributed by atoms with Gasteiger partial charge in [-0.2, -0.15) is 0 Å². The summed E-state index contributed by atoms with van der Waals surface area (Å²) in [7, 11) is 1.61. The van der Waals surface area contributed by atoms with Gasteiger partial charge in [-0.05, 0) is 36.2 Å². The van der Waals surface area contributed by atoms with Crippen LogP contribution in [0.3, 0.4) is 0 Å². The minimum atomic E-state index is -0.531. The van der Waals surface area contributed by atoms with E-state index in [1.54, 1.807) is 18.4 Å². The molecule has 3 aromatic heterocycles. The number of methoxy groups -OCH3 is 1. The van der Waals surface area contributed by atoms with Crippen molar-refractivity contribution >= 4 is 22.4 Å². The zero-order chi connectivity index (χ0) is 18.3. The Kier molecular flexibility index (Phi) is 4.00. The summed E-state index contributed by atoms with van der Waals surface area (Å²) in [6.07, 6.45) is 0.945. The number of rotatable bonds is 4. The van der Waals surface area contributed by atoms with Gasteiger partial charge in [-0.15, -0.1) is 11.3 Å². The monoisotopic (exact) mass is 367 g/mol. The average Bonchev–Trinajstić information content (AvgIpc) is 3.26. The first-order valence-corrected chi connectivity index (χ1v) is 9.04. The van der Waals surface area contributed by atoms with Crippen molar-refractivity contribution in [2.75, 3.05) is 7.11 Å². The SMILES string of the molecule is CCc1ccc(-c2[nH]c3[nH]c(=O)[nH]c(=O)c3c2-c2ccc(OC)cc2)s1. The number of ether oxygens (including phenoxy) is 1. The summed E-state index contributed by atoms with van der Waals surface area (Å²) >= 11 is 1.67. The van der Waals surface area contributed by atoms with Crippen LogP contribution in [0.1, 0.15) is 11.8 Å². The molecule has 3 heterocycles. The van der Waals surface area contributed by atoms with Crippen LogP contribution in [0.5, 0.6) is 5.75 Å². The fourth-order valence-electron chi connectivity index (χ4n) is 3.06. The van der Waals surface area contributed by atoms with E-state index in [2.05, 4.69) is 27.9 Å². The van der Waals surface area contributed by atoms with E-state index in [1.165, 1.54) is 4.88 Å². The Morgan fingerprint density at radius 3 is 2.42 bits per heavy atom. The topological polar surface area (TPSA) is 90.7 Å². The highest BCUT2D eigenvalue weighted by atomic mass is 32.1. The van der Waals surface area contributed by atoms with Crippen LogP contribution in [0.25, 0.3) is 32.7 Å². The smallest absolute Gasteiger partial charge is 0.327 e. The Labute approximate surface area is 152 Å². The van der Waals surface area contributed by atoms with Gasteiger partial charge in [0.25, 0.3) is 5.56 Å². The lowest BCUT2D eigenvalue weighted by Crippen LogP contribution is -2.21. The van der Waals surface area contributed by atoms with E-state index in [-0.39, 0.29) is 0 Å². The number of hydrogen-bond acceptors (Lipinski definition) is 4. The molecule has 0 fully saturated rings. The number of nitrogens with one attached hydrogen (secondary N) is 3. The summed E-state index contributed by atoms with van der Waals surface area (Å²) in [5.41, 5.74) is 1.94. The van der Waals surface area contributed by atoms with Gasteiger partial charge in [-0.25, -0.2) is 4.79 Å². The molecule has 132 valence electrons. The summed E-state index contributed by atoms with van der Waals surface area (Å²) in [5, 5.41) is 0.441. The van der Waals surface area contributed by atoms with Gasteiger partial charge in [0.15, 0.2) is 0 Å². The zero-order valence-corrected chi connectivity index (χ0v) is 15.1. The number of thiophene rings is 1. The van der Waals surface area contributed by atoms with Crippen molar-refractivity contribution in [1.29, 1.82) is 0 Å². The third-order valence-corrected chi connectivity index (χ3v) is 5.57. The molecule has 0 unspecified atom stereocenters. The molecule has 0 aliphatic rings. The minimum absolute atomic E-state index is 0.413. The Balaban J connectivity index is 2.05. The summed E-state index contributed by atoms with van der Waals surface area (Å²) in [5.74, 6) is 0.738. The van der Waals surface area contributed by atoms with Gasteiger partial charge in [-0.1, -0.05) is 19.1 Å². The molecule has 0 aliphatic heterocycles. The van der Waals surface area contributed by atoms with Gasteiger partial charge in [-0.3, -0.25) is 14.8 Å². The first-order valence-electron chi connectivity index (χ1n) is 8.22. The normalized spacial score (nSPS) is 11.2. The number of aryl methyl sites for hydroxylation is 1. The van der Waals surface area contributed by atoms with E-state index in [0.29, 0.717) is 11.0 Å². The molecule has 0 aliphatic carbocycles. The van der Waals surface area contributed by atoms with Gasteiger partial charge >= 0.3 is 5.69 Å². The Bertz CT molecular complexity index is 1200. The number of fused-ring (bicyclic) bond motifs is 1. The predicted molar refractivity (Wildman–Crippen MR) is 104 cm³/mol. The van der Waals surface area contributed by atoms with Crippen molar-refractivity contribution in [1.82, 2.24) is 15.0 Å². The van der Waals surface area contributed by atoms with Crippen molar-refractivity contribution in [2.24, 2.45) is 0 Å². The maximum Gasteiger partial charge on any atom is 0.327 e. The quantitative estimate of drug-likeness (QED) is 0.515. The molecule has 3 N–H and O–H groups in total. The van der Waals surface area contributed by atoms with Crippen LogP contribution in [-0.4, -0.2) is 22.1 Å². The summed E-state index contributed by atoms with van der Waals surface area (Å²) in [6, 6.07) is 11.6. The van der Waals surface area contributed by atoms with Crippen molar-refractivity contribution in [3.05, 3.63) is 62.1 Å². The number of aromatic nitrogens is 3. The molecule has 0 radical (unpaired) electrons. The van der Waals surface area contributed by atoms with Crippen molar-refractivity contribution in [3.8, 4) is 27.4 Å². The molecule has 0 atom stereocenters. The first-order chi connectivity index (χ1) is 12.6. The average molecular weight is 367 g/mol. The lowest BCUT2D eigenvalue weighted by Gasteiger charge is -2.05.